The van der Waals surface area contributed by atoms with E-state index in [-0.39, 0.29) is 17.2 Å². The predicted molar refractivity (Wildman–Crippen MR) is 110 cm³/mol. The molecule has 7 nitrogen and oxygen atoms in total. The number of carboxylic acid groups (broad SMARTS) is 1. The summed E-state index contributed by atoms with van der Waals surface area (Å²) >= 11 is 0. The number of hydrogen-bond donors (Lipinski definition) is 3. The Kier molecular flexibility index (Phi) is 5.88. The topological polar surface area (TPSA) is 84.5 Å². The number of aromatic nitrogens is 2. The maximum absolute atomic E-state index is 13.2. The van der Waals surface area contributed by atoms with Gasteiger partial charge in [0.05, 0.1) is 33.5 Å². The zero-order chi connectivity index (χ0) is 22.1. The molecule has 3 rings (SSSR count). The molecule has 1 aromatic heterocycles. The van der Waals surface area contributed by atoms with Crippen LogP contribution in [0.2, 0.25) is 0 Å². The van der Waals surface area contributed by atoms with Crippen molar-refractivity contribution < 1.29 is 23.1 Å². The molecule has 1 heterocycles. The molecule has 160 valence electrons. The Labute approximate surface area is 171 Å². The van der Waals surface area contributed by atoms with Gasteiger partial charge in [0.25, 0.3) is 0 Å². The van der Waals surface area contributed by atoms with E-state index < -0.39 is 17.7 Å². The molecule has 0 saturated heterocycles. The molecule has 10 heteroatoms. The third-order valence-corrected chi connectivity index (χ3v) is 4.61. The Morgan fingerprint density at radius 3 is 2.50 bits per heavy atom. The number of H-pyrrole nitrogens is 1. The molecule has 0 bridgehead atoms. The fraction of sp³-hybridized carbons (Fsp3) is 0.300. The number of hydrogen-bond acceptors (Lipinski definition) is 5. The first-order valence-electron chi connectivity index (χ1n) is 9.12. The number of benzene rings is 2. The van der Waals surface area contributed by atoms with E-state index in [2.05, 4.69) is 15.3 Å². The average Bonchev–Trinajstić information content (AvgIpc) is 3.05. The molecule has 0 aliphatic rings. The van der Waals surface area contributed by atoms with Crippen molar-refractivity contribution >= 4 is 34.3 Å². The van der Waals surface area contributed by atoms with Crippen LogP contribution >= 0.6 is 0 Å². The highest BCUT2D eigenvalue weighted by Crippen LogP contribution is 2.36. The summed E-state index contributed by atoms with van der Waals surface area (Å²) in [5.74, 6) is -1.01. The Morgan fingerprint density at radius 1 is 1.17 bits per heavy atom. The largest absolute Gasteiger partial charge is 0.478 e. The third-order valence-electron chi connectivity index (χ3n) is 4.61. The second kappa shape index (κ2) is 8.23. The lowest BCUT2D eigenvalue weighted by Gasteiger charge is -2.23. The SMILES string of the molecule is CN(C)CCN(C)c1cc2nc(Nc3ccccc3C(F)(F)F)[nH]c2cc1C(=O)O. The highest BCUT2D eigenvalue weighted by molar-refractivity contribution is 6.00. The summed E-state index contributed by atoms with van der Waals surface area (Å²) in [6.45, 7) is 1.31. The van der Waals surface area contributed by atoms with Crippen LogP contribution in [0.5, 0.6) is 0 Å². The van der Waals surface area contributed by atoms with Gasteiger partial charge >= 0.3 is 12.1 Å². The lowest BCUT2D eigenvalue weighted by molar-refractivity contribution is -0.136. The molecule has 0 saturated carbocycles. The van der Waals surface area contributed by atoms with Crippen LogP contribution in [0.3, 0.4) is 0 Å². The summed E-state index contributed by atoms with van der Waals surface area (Å²) in [4.78, 5) is 22.7. The summed E-state index contributed by atoms with van der Waals surface area (Å²) in [5, 5.41) is 12.3. The number of nitrogens with zero attached hydrogens (tertiary/aromatic N) is 3. The molecule has 0 fully saturated rings. The zero-order valence-electron chi connectivity index (χ0n) is 16.7. The van der Waals surface area contributed by atoms with Crippen LogP contribution in [0, 0.1) is 0 Å². The molecule has 0 spiro atoms. The zero-order valence-corrected chi connectivity index (χ0v) is 16.7. The summed E-state index contributed by atoms with van der Waals surface area (Å²) in [6.07, 6.45) is -4.52. The second-order valence-corrected chi connectivity index (χ2v) is 7.17. The van der Waals surface area contributed by atoms with Crippen LogP contribution in [0.1, 0.15) is 15.9 Å². The minimum absolute atomic E-state index is 0.0784. The van der Waals surface area contributed by atoms with Gasteiger partial charge in [-0.1, -0.05) is 12.1 Å². The predicted octanol–water partition coefficient (Wildman–Crippen LogP) is 4.02. The van der Waals surface area contributed by atoms with Crippen LogP contribution in [0.25, 0.3) is 11.0 Å². The number of carbonyl (C=O) groups is 1. The number of para-hydroxylation sites is 1. The molecule has 0 aliphatic heterocycles. The maximum atomic E-state index is 13.2. The van der Waals surface area contributed by atoms with E-state index in [1.165, 1.54) is 24.3 Å². The van der Waals surface area contributed by atoms with Gasteiger partial charge in [-0.15, -0.1) is 0 Å². The monoisotopic (exact) mass is 421 g/mol. The second-order valence-electron chi connectivity index (χ2n) is 7.17. The lowest BCUT2D eigenvalue weighted by atomic mass is 10.1. The summed E-state index contributed by atoms with van der Waals surface area (Å²) in [6, 6.07) is 8.13. The number of likely N-dealkylation sites (N-methyl/N-ethyl adjacent to an activating group) is 2. The Bertz CT molecular complexity index is 1060. The third kappa shape index (κ3) is 4.65. The number of alkyl halides is 3. The van der Waals surface area contributed by atoms with E-state index in [1.807, 2.05) is 23.9 Å². The van der Waals surface area contributed by atoms with E-state index in [0.29, 0.717) is 23.3 Å². The first kappa shape index (κ1) is 21.4. The van der Waals surface area contributed by atoms with Gasteiger partial charge in [-0.2, -0.15) is 13.2 Å². The van der Waals surface area contributed by atoms with Crippen LogP contribution in [0.4, 0.5) is 30.5 Å². The first-order chi connectivity index (χ1) is 14.1. The number of anilines is 3. The van der Waals surface area contributed by atoms with Crippen LogP contribution in [-0.2, 0) is 6.18 Å². The minimum Gasteiger partial charge on any atom is -0.478 e. The highest BCUT2D eigenvalue weighted by Gasteiger charge is 2.33. The van der Waals surface area contributed by atoms with Crippen molar-refractivity contribution in [2.24, 2.45) is 0 Å². The summed E-state index contributed by atoms with van der Waals surface area (Å²) in [5.41, 5.74) is 0.440. The standard InChI is InChI=1S/C20H22F3N5O2/c1-27(2)8-9-28(3)17-11-16-15(10-12(17)18(29)30)25-19(26-16)24-14-7-5-4-6-13(14)20(21,22)23/h4-7,10-11H,8-9H2,1-3H3,(H,29,30)(H2,24,25,26). The number of aromatic amines is 1. The van der Waals surface area contributed by atoms with E-state index in [4.69, 9.17) is 0 Å². The molecule has 0 amide bonds. The van der Waals surface area contributed by atoms with E-state index >= 15 is 0 Å². The van der Waals surface area contributed by atoms with Crippen LogP contribution < -0.4 is 10.2 Å². The van der Waals surface area contributed by atoms with Gasteiger partial charge in [-0.3, -0.25) is 0 Å². The molecule has 3 aromatic rings. The van der Waals surface area contributed by atoms with Gasteiger partial charge < -0.3 is 25.2 Å². The molecule has 3 N–H and O–H groups in total. The van der Waals surface area contributed by atoms with Crippen molar-refractivity contribution in [3.05, 3.63) is 47.5 Å². The number of rotatable bonds is 7. The van der Waals surface area contributed by atoms with Crippen molar-refractivity contribution in [2.45, 2.75) is 6.18 Å². The highest BCUT2D eigenvalue weighted by atomic mass is 19.4. The quantitative estimate of drug-likeness (QED) is 0.534. The lowest BCUT2D eigenvalue weighted by Crippen LogP contribution is -2.29. The summed E-state index contributed by atoms with van der Waals surface area (Å²) in [7, 11) is 5.61. The molecule has 0 atom stereocenters. The van der Waals surface area contributed by atoms with Crippen molar-refractivity contribution in [1.82, 2.24) is 14.9 Å². The van der Waals surface area contributed by atoms with Crippen LogP contribution in [-0.4, -0.2) is 60.2 Å². The fourth-order valence-electron chi connectivity index (χ4n) is 3.03. The molecule has 0 radical (unpaired) electrons. The average molecular weight is 421 g/mol. The number of fused-ring (bicyclic) bond motifs is 1. The Morgan fingerprint density at radius 2 is 1.87 bits per heavy atom. The first-order valence-corrected chi connectivity index (χ1v) is 9.12. The Hall–Kier alpha value is -3.27. The van der Waals surface area contributed by atoms with Gasteiger partial charge in [0.2, 0.25) is 5.95 Å². The number of halogens is 3. The molecule has 0 unspecified atom stereocenters. The molecule has 2 aromatic carbocycles. The molecule has 30 heavy (non-hydrogen) atoms. The Balaban J connectivity index is 1.98. The van der Waals surface area contributed by atoms with Gasteiger partial charge in [0.1, 0.15) is 0 Å². The smallest absolute Gasteiger partial charge is 0.418 e. The molecule has 0 aliphatic carbocycles. The molecular weight excluding hydrogens is 399 g/mol. The van der Waals surface area contributed by atoms with Crippen LogP contribution in [0.15, 0.2) is 36.4 Å². The fourth-order valence-corrected chi connectivity index (χ4v) is 3.03. The van der Waals surface area contributed by atoms with Gasteiger partial charge in [-0.05, 0) is 38.4 Å². The number of aromatic carboxylic acids is 1. The van der Waals surface area contributed by atoms with Crippen molar-refractivity contribution in [2.75, 3.05) is 44.4 Å². The van der Waals surface area contributed by atoms with Gasteiger partial charge in [0.15, 0.2) is 0 Å². The molecular formula is C20H22F3N5O2. The van der Waals surface area contributed by atoms with Crippen molar-refractivity contribution in [3.8, 4) is 0 Å². The maximum Gasteiger partial charge on any atom is 0.418 e. The number of carboxylic acids is 1. The minimum atomic E-state index is -4.52. The van der Waals surface area contributed by atoms with E-state index in [0.717, 1.165) is 12.6 Å². The van der Waals surface area contributed by atoms with Crippen molar-refractivity contribution in [1.29, 1.82) is 0 Å². The normalized spacial score (nSPS) is 11.8. The van der Waals surface area contributed by atoms with Gasteiger partial charge in [-0.25, -0.2) is 9.78 Å². The van der Waals surface area contributed by atoms with Gasteiger partial charge in [0, 0.05) is 20.1 Å². The van der Waals surface area contributed by atoms with Crippen molar-refractivity contribution in [3.63, 3.8) is 0 Å². The number of imidazole rings is 1. The summed E-state index contributed by atoms with van der Waals surface area (Å²) < 4.78 is 39.7. The van der Waals surface area contributed by atoms with E-state index in [9.17, 15) is 23.1 Å². The van der Waals surface area contributed by atoms with E-state index in [1.54, 1.807) is 13.1 Å². The number of nitrogens with one attached hydrogen (secondary N) is 2.